The topological polar surface area (TPSA) is 49.0 Å². The first-order valence-electron chi connectivity index (χ1n) is 7.22. The highest BCUT2D eigenvalue weighted by Gasteiger charge is 2.32. The van der Waals surface area contributed by atoms with Crippen LogP contribution in [0.5, 0.6) is 5.75 Å². The molecular formula is C18H13FN2O. The second-order valence-electron chi connectivity index (χ2n) is 5.66. The molecule has 1 N–H and O–H groups in total. The van der Waals surface area contributed by atoms with Gasteiger partial charge in [-0.3, -0.25) is 0 Å². The van der Waals surface area contributed by atoms with Gasteiger partial charge < -0.3 is 9.67 Å². The molecule has 108 valence electrons. The predicted octanol–water partition coefficient (Wildman–Crippen LogP) is 4.22. The lowest BCUT2D eigenvalue weighted by Crippen LogP contribution is -2.00. The molecule has 3 aromatic rings. The van der Waals surface area contributed by atoms with E-state index in [2.05, 4.69) is 6.07 Å². The average Bonchev–Trinajstić information content (AvgIpc) is 3.30. The van der Waals surface area contributed by atoms with E-state index in [1.165, 1.54) is 12.1 Å². The quantitative estimate of drug-likeness (QED) is 0.768. The minimum absolute atomic E-state index is 0.141. The lowest BCUT2D eigenvalue weighted by molar-refractivity contribution is 0.476. The largest absolute Gasteiger partial charge is 0.508 e. The number of hydrogen-bond acceptors (Lipinski definition) is 2. The first kappa shape index (κ1) is 12.9. The first-order valence-corrected chi connectivity index (χ1v) is 7.22. The average molecular weight is 292 g/mol. The lowest BCUT2D eigenvalue weighted by Gasteiger charge is -2.10. The van der Waals surface area contributed by atoms with Gasteiger partial charge >= 0.3 is 0 Å². The highest BCUT2D eigenvalue weighted by molar-refractivity contribution is 5.91. The molecule has 0 bridgehead atoms. The zero-order valence-corrected chi connectivity index (χ0v) is 11.8. The van der Waals surface area contributed by atoms with Crippen LogP contribution in [0.3, 0.4) is 0 Å². The first-order chi connectivity index (χ1) is 10.7. The van der Waals surface area contributed by atoms with Gasteiger partial charge in [-0.2, -0.15) is 5.26 Å². The van der Waals surface area contributed by atoms with Gasteiger partial charge in [0, 0.05) is 22.7 Å². The van der Waals surface area contributed by atoms with Crippen molar-refractivity contribution in [1.29, 1.82) is 5.26 Å². The number of benzene rings is 2. The van der Waals surface area contributed by atoms with Crippen molar-refractivity contribution in [2.45, 2.75) is 18.8 Å². The van der Waals surface area contributed by atoms with Crippen molar-refractivity contribution in [2.75, 3.05) is 0 Å². The van der Waals surface area contributed by atoms with Crippen LogP contribution in [-0.4, -0.2) is 9.67 Å². The molecule has 0 unspecified atom stereocenters. The monoisotopic (exact) mass is 292 g/mol. The van der Waals surface area contributed by atoms with Crippen molar-refractivity contribution in [3.05, 3.63) is 59.5 Å². The van der Waals surface area contributed by atoms with Gasteiger partial charge in [-0.25, -0.2) is 4.39 Å². The third-order valence-corrected chi connectivity index (χ3v) is 4.15. The van der Waals surface area contributed by atoms with Crippen molar-refractivity contribution in [3.63, 3.8) is 0 Å². The lowest BCUT2D eigenvalue weighted by atomic mass is 10.1. The maximum atomic E-state index is 13.2. The Bertz CT molecular complexity index is 915. The summed E-state index contributed by atoms with van der Waals surface area (Å²) in [6, 6.07) is 13.6. The standard InChI is InChI=1S/C18H13FN2O/c19-12-3-5-13(6-4-12)21-17-8-7-14(22)9-15(17)16(10-20)18(21)11-1-2-11/h3-9,11,22H,1-2H2. The maximum Gasteiger partial charge on any atom is 0.123 e. The van der Waals surface area contributed by atoms with Crippen LogP contribution in [0.1, 0.15) is 30.0 Å². The molecule has 3 nitrogen and oxygen atoms in total. The molecule has 1 heterocycles. The summed E-state index contributed by atoms with van der Waals surface area (Å²) < 4.78 is 15.2. The van der Waals surface area contributed by atoms with Gasteiger partial charge in [-0.05, 0) is 55.3 Å². The molecular weight excluding hydrogens is 279 g/mol. The van der Waals surface area contributed by atoms with Crippen LogP contribution in [0.4, 0.5) is 4.39 Å². The highest BCUT2D eigenvalue weighted by Crippen LogP contribution is 2.46. The Morgan fingerprint density at radius 3 is 2.50 bits per heavy atom. The van der Waals surface area contributed by atoms with E-state index in [0.29, 0.717) is 11.5 Å². The SMILES string of the molecule is N#Cc1c(C2CC2)n(-c2ccc(F)cc2)c2ccc(O)cc12. The summed E-state index contributed by atoms with van der Waals surface area (Å²) >= 11 is 0. The Kier molecular flexibility index (Phi) is 2.70. The number of aromatic nitrogens is 1. The van der Waals surface area contributed by atoms with E-state index >= 15 is 0 Å². The number of phenolic OH excluding ortho intramolecular Hbond substituents is 1. The van der Waals surface area contributed by atoms with Crippen LogP contribution in [0.25, 0.3) is 16.6 Å². The summed E-state index contributed by atoms with van der Waals surface area (Å²) in [7, 11) is 0. The van der Waals surface area contributed by atoms with Gasteiger partial charge in [0.1, 0.15) is 17.6 Å². The van der Waals surface area contributed by atoms with Gasteiger partial charge in [0.05, 0.1) is 11.1 Å². The molecule has 1 fully saturated rings. The van der Waals surface area contributed by atoms with Crippen molar-refractivity contribution < 1.29 is 9.50 Å². The molecule has 0 aliphatic heterocycles. The number of hydrogen-bond donors (Lipinski definition) is 1. The van der Waals surface area contributed by atoms with Crippen LogP contribution in [-0.2, 0) is 0 Å². The van der Waals surface area contributed by atoms with Gasteiger partial charge in [-0.15, -0.1) is 0 Å². The molecule has 22 heavy (non-hydrogen) atoms. The van der Waals surface area contributed by atoms with Gasteiger partial charge in [0.2, 0.25) is 0 Å². The van der Waals surface area contributed by atoms with Gasteiger partial charge in [0.15, 0.2) is 0 Å². The summed E-state index contributed by atoms with van der Waals surface area (Å²) in [5.74, 6) is 0.211. The number of fused-ring (bicyclic) bond motifs is 1. The van der Waals surface area contributed by atoms with Crippen LogP contribution in [0.15, 0.2) is 42.5 Å². The number of aromatic hydroxyl groups is 1. The molecule has 0 radical (unpaired) electrons. The smallest absolute Gasteiger partial charge is 0.123 e. The van der Waals surface area contributed by atoms with E-state index in [-0.39, 0.29) is 11.6 Å². The Hall–Kier alpha value is -2.80. The van der Waals surface area contributed by atoms with Crippen LogP contribution in [0, 0.1) is 17.1 Å². The Morgan fingerprint density at radius 2 is 1.86 bits per heavy atom. The molecule has 4 rings (SSSR count). The van der Waals surface area contributed by atoms with Crippen LogP contribution >= 0.6 is 0 Å². The fourth-order valence-electron chi connectivity index (χ4n) is 3.03. The highest BCUT2D eigenvalue weighted by atomic mass is 19.1. The molecule has 1 aliphatic carbocycles. The second-order valence-corrected chi connectivity index (χ2v) is 5.66. The second kappa shape index (κ2) is 4.60. The molecule has 0 atom stereocenters. The number of nitrogens with zero attached hydrogens (tertiary/aromatic N) is 2. The third kappa shape index (κ3) is 1.86. The molecule has 1 saturated carbocycles. The summed E-state index contributed by atoms with van der Waals surface area (Å²) in [6.07, 6.45) is 2.11. The van der Waals surface area contributed by atoms with Gasteiger partial charge in [-0.1, -0.05) is 0 Å². The molecule has 0 saturated heterocycles. The van der Waals surface area contributed by atoms with Gasteiger partial charge in [0.25, 0.3) is 0 Å². The van der Waals surface area contributed by atoms with E-state index < -0.39 is 0 Å². The summed E-state index contributed by atoms with van der Waals surface area (Å²) in [5.41, 5.74) is 3.27. The van der Waals surface area contributed by atoms with Crippen molar-refractivity contribution in [3.8, 4) is 17.5 Å². The Balaban J connectivity index is 2.10. The number of nitriles is 1. The van der Waals surface area contributed by atoms with Crippen molar-refractivity contribution in [2.24, 2.45) is 0 Å². The van der Waals surface area contributed by atoms with E-state index in [1.807, 2.05) is 4.57 Å². The Morgan fingerprint density at radius 1 is 1.14 bits per heavy atom. The molecule has 0 amide bonds. The summed E-state index contributed by atoms with van der Waals surface area (Å²) in [6.45, 7) is 0. The zero-order valence-electron chi connectivity index (χ0n) is 11.8. The van der Waals surface area contributed by atoms with Crippen LogP contribution < -0.4 is 0 Å². The van der Waals surface area contributed by atoms with E-state index in [1.54, 1.807) is 30.3 Å². The van der Waals surface area contributed by atoms with E-state index in [4.69, 9.17) is 0 Å². The number of rotatable bonds is 2. The fourth-order valence-corrected chi connectivity index (χ4v) is 3.03. The van der Waals surface area contributed by atoms with E-state index in [9.17, 15) is 14.8 Å². The summed E-state index contributed by atoms with van der Waals surface area (Å²) in [4.78, 5) is 0. The molecule has 1 aromatic heterocycles. The Labute approximate surface area is 126 Å². The third-order valence-electron chi connectivity index (χ3n) is 4.15. The van der Waals surface area contributed by atoms with Crippen LogP contribution in [0.2, 0.25) is 0 Å². The number of phenols is 1. The fraction of sp³-hybridized carbons (Fsp3) is 0.167. The maximum absolute atomic E-state index is 13.2. The minimum atomic E-state index is -0.286. The van der Waals surface area contributed by atoms with Crippen molar-refractivity contribution >= 4 is 10.9 Å². The van der Waals surface area contributed by atoms with Crippen molar-refractivity contribution in [1.82, 2.24) is 4.57 Å². The number of halogens is 1. The zero-order chi connectivity index (χ0) is 15.3. The minimum Gasteiger partial charge on any atom is -0.508 e. The molecule has 0 spiro atoms. The predicted molar refractivity (Wildman–Crippen MR) is 81.6 cm³/mol. The molecule has 1 aliphatic rings. The normalized spacial score (nSPS) is 14.2. The summed E-state index contributed by atoms with van der Waals surface area (Å²) in [5, 5.41) is 20.1. The molecule has 4 heteroatoms. The molecule has 2 aromatic carbocycles. The van der Waals surface area contributed by atoms with E-state index in [0.717, 1.165) is 35.1 Å².